The molecule has 0 unspecified atom stereocenters. The molecule has 0 saturated heterocycles. The average molecular weight is 471 g/mol. The molecule has 0 bridgehead atoms. The predicted molar refractivity (Wildman–Crippen MR) is 131 cm³/mol. The van der Waals surface area contributed by atoms with Gasteiger partial charge in [0.1, 0.15) is 6.54 Å². The number of carbonyl (C=O) groups excluding carboxylic acids is 1. The zero-order valence-electron chi connectivity index (χ0n) is 20.2. The molecule has 1 amide bonds. The molecule has 0 aliphatic rings. The number of hydrogen-bond donors (Lipinski definition) is 1. The van der Waals surface area contributed by atoms with E-state index in [0.29, 0.717) is 12.2 Å². The highest BCUT2D eigenvalue weighted by molar-refractivity contribution is 6.33. The minimum absolute atomic E-state index is 0.0133. The molecule has 1 heterocycles. The Morgan fingerprint density at radius 3 is 1.75 bits per heavy atom. The smallest absolute Gasteiger partial charge is 0.358 e. The van der Waals surface area contributed by atoms with Gasteiger partial charge in [0.25, 0.3) is 0 Å². The highest BCUT2D eigenvalue weighted by Crippen LogP contribution is 2.26. The number of rotatable bonds is 20. The summed E-state index contributed by atoms with van der Waals surface area (Å²) >= 11 is 5.89. The Morgan fingerprint density at radius 2 is 1.34 bits per heavy atom. The predicted octanol–water partition coefficient (Wildman–Crippen LogP) is 7.13. The normalized spacial score (nSPS) is 11.1. The number of halogens is 1. The summed E-state index contributed by atoms with van der Waals surface area (Å²) in [6.07, 6.45) is 21.1. The first kappa shape index (κ1) is 28.4. The van der Waals surface area contributed by atoms with Crippen molar-refractivity contribution >= 4 is 23.3 Å². The van der Waals surface area contributed by atoms with E-state index >= 15 is 0 Å². The molecule has 0 aliphatic carbocycles. The number of aromatic nitrogens is 2. The largest absolute Gasteiger partial charge is 0.408 e. The van der Waals surface area contributed by atoms with Crippen molar-refractivity contribution in [2.45, 2.75) is 123 Å². The van der Waals surface area contributed by atoms with E-state index in [0.717, 1.165) is 12.8 Å². The molecule has 7 nitrogen and oxygen atoms in total. The Hall–Kier alpha value is -1.63. The Bertz CT molecular complexity index is 664. The second-order valence-electron chi connectivity index (χ2n) is 8.79. The molecule has 1 aromatic heterocycles. The summed E-state index contributed by atoms with van der Waals surface area (Å²) < 4.78 is 1.28. The first-order valence-electron chi connectivity index (χ1n) is 12.6. The highest BCUT2D eigenvalue weighted by atomic mass is 35.5. The number of nitrogens with zero attached hydrogens (tertiary/aromatic N) is 3. The van der Waals surface area contributed by atoms with Gasteiger partial charge in [0, 0.05) is 6.54 Å². The molecule has 0 fully saturated rings. The van der Waals surface area contributed by atoms with Crippen LogP contribution in [-0.4, -0.2) is 27.2 Å². The van der Waals surface area contributed by atoms with Crippen LogP contribution in [0.25, 0.3) is 0 Å². The quantitative estimate of drug-likeness (QED) is 0.125. The molecule has 8 heteroatoms. The second kappa shape index (κ2) is 17.9. The van der Waals surface area contributed by atoms with Crippen molar-refractivity contribution in [1.82, 2.24) is 15.1 Å². The van der Waals surface area contributed by atoms with Crippen LogP contribution in [0.4, 0.5) is 5.82 Å². The van der Waals surface area contributed by atoms with E-state index < -0.39 is 10.7 Å². The lowest BCUT2D eigenvalue weighted by Crippen LogP contribution is -2.29. The van der Waals surface area contributed by atoms with Gasteiger partial charge in [-0.25, -0.2) is 0 Å². The fraction of sp³-hybridized carbons (Fsp3) is 0.833. The van der Waals surface area contributed by atoms with E-state index in [1.54, 1.807) is 6.92 Å². The van der Waals surface area contributed by atoms with Crippen LogP contribution in [0.2, 0.25) is 5.02 Å². The lowest BCUT2D eigenvalue weighted by atomic mass is 10.0. The molecule has 32 heavy (non-hydrogen) atoms. The summed E-state index contributed by atoms with van der Waals surface area (Å²) in [5, 5.41) is 17.5. The van der Waals surface area contributed by atoms with Crippen LogP contribution < -0.4 is 5.32 Å². The summed E-state index contributed by atoms with van der Waals surface area (Å²) in [7, 11) is 0. The summed E-state index contributed by atoms with van der Waals surface area (Å²) in [4.78, 5) is 22.3. The van der Waals surface area contributed by atoms with Gasteiger partial charge in [-0.3, -0.25) is 4.79 Å². The highest BCUT2D eigenvalue weighted by Gasteiger charge is 2.24. The van der Waals surface area contributed by atoms with Crippen molar-refractivity contribution in [3.63, 3.8) is 0 Å². The standard InChI is InChI=1S/C24H43ClN4O3/c1-3-4-5-6-7-8-9-10-11-12-13-14-15-16-17-18-19-26-22(30)20-28-21(2)23(25)24(27-28)29(31)32/h3-20H2,1-2H3,(H,26,30). The van der Waals surface area contributed by atoms with Crippen molar-refractivity contribution < 1.29 is 9.72 Å². The molecular weight excluding hydrogens is 428 g/mol. The molecule has 0 radical (unpaired) electrons. The first-order chi connectivity index (χ1) is 15.5. The van der Waals surface area contributed by atoms with Gasteiger partial charge in [-0.05, 0) is 18.3 Å². The van der Waals surface area contributed by atoms with Gasteiger partial charge in [-0.2, -0.15) is 4.68 Å². The number of amides is 1. The number of carbonyl (C=O) groups is 1. The van der Waals surface area contributed by atoms with Gasteiger partial charge >= 0.3 is 5.82 Å². The van der Waals surface area contributed by atoms with Crippen molar-refractivity contribution in [3.8, 4) is 0 Å². The zero-order valence-corrected chi connectivity index (χ0v) is 20.9. The number of unbranched alkanes of at least 4 members (excludes halogenated alkanes) is 15. The minimum atomic E-state index is -0.639. The van der Waals surface area contributed by atoms with Gasteiger partial charge in [0.05, 0.1) is 10.8 Å². The molecule has 1 aromatic rings. The lowest BCUT2D eigenvalue weighted by molar-refractivity contribution is -0.389. The van der Waals surface area contributed by atoms with Crippen LogP contribution in [0.5, 0.6) is 0 Å². The molecule has 0 atom stereocenters. The minimum Gasteiger partial charge on any atom is -0.358 e. The van der Waals surface area contributed by atoms with Crippen LogP contribution in [0.1, 0.15) is 115 Å². The van der Waals surface area contributed by atoms with E-state index in [9.17, 15) is 14.9 Å². The number of nitrogens with one attached hydrogen (secondary N) is 1. The monoisotopic (exact) mass is 470 g/mol. The third-order valence-electron chi connectivity index (χ3n) is 5.94. The summed E-state index contributed by atoms with van der Waals surface area (Å²) in [6, 6.07) is 0. The molecule has 1 N–H and O–H groups in total. The van der Waals surface area contributed by atoms with Gasteiger partial charge < -0.3 is 15.4 Å². The lowest BCUT2D eigenvalue weighted by Gasteiger charge is -2.05. The molecular formula is C24H43ClN4O3. The van der Waals surface area contributed by atoms with Gasteiger partial charge in [0.2, 0.25) is 5.91 Å². The first-order valence-corrected chi connectivity index (χ1v) is 13.0. The molecule has 0 aliphatic heterocycles. The van der Waals surface area contributed by atoms with Crippen LogP contribution in [0.3, 0.4) is 0 Å². The van der Waals surface area contributed by atoms with E-state index in [1.807, 2.05) is 0 Å². The average Bonchev–Trinajstić information content (AvgIpc) is 3.04. The molecule has 0 saturated carbocycles. The van der Waals surface area contributed by atoms with Gasteiger partial charge in [-0.15, -0.1) is 0 Å². The maximum absolute atomic E-state index is 12.0. The van der Waals surface area contributed by atoms with Crippen LogP contribution in [0, 0.1) is 17.0 Å². The molecule has 0 aromatic carbocycles. The molecule has 1 rings (SSSR count). The fourth-order valence-electron chi connectivity index (χ4n) is 3.87. The summed E-state index contributed by atoms with van der Waals surface area (Å²) in [6.45, 7) is 4.44. The SMILES string of the molecule is CCCCCCCCCCCCCCCCCCNC(=O)Cn1nc([N+](=O)[O-])c(Cl)c1C. The zero-order chi connectivity index (χ0) is 23.6. The van der Waals surface area contributed by atoms with Gasteiger partial charge in [-0.1, -0.05) is 115 Å². The van der Waals surface area contributed by atoms with Crippen LogP contribution >= 0.6 is 11.6 Å². The third kappa shape index (κ3) is 12.4. The second-order valence-corrected chi connectivity index (χ2v) is 9.17. The summed E-state index contributed by atoms with van der Waals surface area (Å²) in [5.41, 5.74) is 0.427. The maximum atomic E-state index is 12.0. The van der Waals surface area contributed by atoms with Gasteiger partial charge in [0.15, 0.2) is 5.02 Å². The van der Waals surface area contributed by atoms with Crippen LogP contribution in [0.15, 0.2) is 0 Å². The Morgan fingerprint density at radius 1 is 0.906 bits per heavy atom. The Labute approximate surface area is 198 Å². The topological polar surface area (TPSA) is 90.1 Å². The Kier molecular flexibility index (Phi) is 15.9. The van der Waals surface area contributed by atoms with E-state index in [1.165, 1.54) is 94.6 Å². The van der Waals surface area contributed by atoms with Crippen molar-refractivity contribution in [3.05, 3.63) is 20.8 Å². The Balaban J connectivity index is 1.91. The number of nitro groups is 1. The maximum Gasteiger partial charge on any atom is 0.408 e. The molecule has 184 valence electrons. The fourth-order valence-corrected chi connectivity index (χ4v) is 4.08. The van der Waals surface area contributed by atoms with Crippen molar-refractivity contribution in [1.29, 1.82) is 0 Å². The third-order valence-corrected chi connectivity index (χ3v) is 6.38. The van der Waals surface area contributed by atoms with E-state index in [2.05, 4.69) is 17.3 Å². The number of hydrogen-bond acceptors (Lipinski definition) is 4. The van der Waals surface area contributed by atoms with E-state index in [-0.39, 0.29) is 17.5 Å². The van der Waals surface area contributed by atoms with Crippen LogP contribution in [-0.2, 0) is 11.3 Å². The van der Waals surface area contributed by atoms with Crippen molar-refractivity contribution in [2.24, 2.45) is 0 Å². The summed E-state index contributed by atoms with van der Waals surface area (Å²) in [5.74, 6) is -0.613. The van der Waals surface area contributed by atoms with E-state index in [4.69, 9.17) is 11.6 Å². The molecule has 0 spiro atoms. The van der Waals surface area contributed by atoms with Crippen molar-refractivity contribution in [2.75, 3.05) is 6.54 Å².